The van der Waals surface area contributed by atoms with Crippen molar-refractivity contribution in [3.8, 4) is 6.07 Å². The Morgan fingerprint density at radius 3 is 2.32 bits per heavy atom. The van der Waals surface area contributed by atoms with Crippen LogP contribution in [0.4, 0.5) is 16.2 Å². The molecular formula is C20H18N2O3. The molecule has 1 amide bonds. The van der Waals surface area contributed by atoms with Crippen LogP contribution in [0.25, 0.3) is 0 Å². The molecule has 1 unspecified atom stereocenters. The average molecular weight is 334 g/mol. The number of fused-ring (bicyclic) bond motifs is 2. The largest absolute Gasteiger partial charge is 0.443 e. The number of benzene rings is 2. The summed E-state index contributed by atoms with van der Waals surface area (Å²) in [5.74, 6) is -1.29. The number of amides is 1. The molecule has 1 aliphatic rings. The van der Waals surface area contributed by atoms with Crippen molar-refractivity contribution in [2.45, 2.75) is 32.3 Å². The number of para-hydroxylation sites is 2. The number of ether oxygens (including phenoxy) is 1. The summed E-state index contributed by atoms with van der Waals surface area (Å²) in [7, 11) is 0. The van der Waals surface area contributed by atoms with Gasteiger partial charge >= 0.3 is 6.09 Å². The van der Waals surface area contributed by atoms with Gasteiger partial charge in [-0.05, 0) is 39.0 Å². The molecule has 3 rings (SSSR count). The summed E-state index contributed by atoms with van der Waals surface area (Å²) in [5, 5.41) is 9.56. The number of hydrogen-bond acceptors (Lipinski definition) is 4. The zero-order chi connectivity index (χ0) is 18.2. The van der Waals surface area contributed by atoms with Crippen molar-refractivity contribution in [3.05, 3.63) is 59.7 Å². The lowest BCUT2D eigenvalue weighted by atomic mass is 9.92. The predicted molar refractivity (Wildman–Crippen MR) is 93.9 cm³/mol. The van der Waals surface area contributed by atoms with Gasteiger partial charge < -0.3 is 4.74 Å². The van der Waals surface area contributed by atoms with E-state index in [9.17, 15) is 14.9 Å². The van der Waals surface area contributed by atoms with Gasteiger partial charge in [0.25, 0.3) is 0 Å². The number of hydrogen-bond donors (Lipinski definition) is 0. The molecular weight excluding hydrogens is 316 g/mol. The van der Waals surface area contributed by atoms with E-state index in [0.29, 0.717) is 22.5 Å². The number of rotatable bonds is 0. The number of nitriles is 1. The van der Waals surface area contributed by atoms with E-state index in [-0.39, 0.29) is 5.78 Å². The monoisotopic (exact) mass is 334 g/mol. The zero-order valence-corrected chi connectivity index (χ0v) is 14.3. The van der Waals surface area contributed by atoms with Crippen molar-refractivity contribution in [2.75, 3.05) is 4.90 Å². The molecule has 2 aromatic carbocycles. The van der Waals surface area contributed by atoms with Crippen LogP contribution >= 0.6 is 0 Å². The number of carbonyl (C=O) groups excluding carboxylic acids is 2. The molecule has 0 saturated heterocycles. The first kappa shape index (κ1) is 16.7. The second-order valence-electron chi connectivity index (χ2n) is 6.82. The smallest absolute Gasteiger partial charge is 0.419 e. The Labute approximate surface area is 146 Å². The average Bonchev–Trinajstić information content (AvgIpc) is 2.65. The highest BCUT2D eigenvalue weighted by atomic mass is 16.6. The van der Waals surface area contributed by atoms with Crippen molar-refractivity contribution < 1.29 is 14.3 Å². The Kier molecular flexibility index (Phi) is 4.05. The summed E-state index contributed by atoms with van der Waals surface area (Å²) in [6.07, 6.45) is -0.584. The van der Waals surface area contributed by atoms with E-state index < -0.39 is 17.6 Å². The second-order valence-corrected chi connectivity index (χ2v) is 6.82. The lowest BCUT2D eigenvalue weighted by molar-refractivity contribution is 0.0599. The van der Waals surface area contributed by atoms with E-state index in [4.69, 9.17) is 4.74 Å². The van der Waals surface area contributed by atoms with Crippen molar-refractivity contribution in [1.82, 2.24) is 0 Å². The summed E-state index contributed by atoms with van der Waals surface area (Å²) in [5.41, 5.74) is 1.05. The zero-order valence-electron chi connectivity index (χ0n) is 14.3. The molecule has 1 aliphatic heterocycles. The van der Waals surface area contributed by atoms with Gasteiger partial charge in [0.2, 0.25) is 0 Å². The first-order chi connectivity index (χ1) is 11.8. The van der Waals surface area contributed by atoms with Crippen LogP contribution in [-0.4, -0.2) is 17.5 Å². The van der Waals surface area contributed by atoms with Crippen LogP contribution in [0.5, 0.6) is 0 Å². The third-order valence-corrected chi connectivity index (χ3v) is 3.87. The fourth-order valence-corrected chi connectivity index (χ4v) is 2.87. The predicted octanol–water partition coefficient (Wildman–Crippen LogP) is 4.56. The Morgan fingerprint density at radius 1 is 1.08 bits per heavy atom. The van der Waals surface area contributed by atoms with Gasteiger partial charge in [-0.2, -0.15) is 5.26 Å². The Balaban J connectivity index is 2.27. The SMILES string of the molecule is CC(C)(C)OC(=O)N1c2ccccc2C(=O)C(C#N)c2ccccc21. The van der Waals surface area contributed by atoms with E-state index in [2.05, 4.69) is 6.07 Å². The van der Waals surface area contributed by atoms with Crippen molar-refractivity contribution in [1.29, 1.82) is 5.26 Å². The van der Waals surface area contributed by atoms with Crippen molar-refractivity contribution in [2.24, 2.45) is 0 Å². The number of Topliss-reactive ketones (excluding diaryl/α,β-unsaturated/α-hetero) is 1. The van der Waals surface area contributed by atoms with Crippen molar-refractivity contribution >= 4 is 23.3 Å². The summed E-state index contributed by atoms with van der Waals surface area (Å²) < 4.78 is 5.54. The van der Waals surface area contributed by atoms with Gasteiger partial charge in [0.1, 0.15) is 11.5 Å². The van der Waals surface area contributed by atoms with Gasteiger partial charge in [-0.15, -0.1) is 0 Å². The third-order valence-electron chi connectivity index (χ3n) is 3.87. The fraction of sp³-hybridized carbons (Fsp3) is 0.250. The maximum atomic E-state index is 12.9. The number of ketones is 1. The van der Waals surface area contributed by atoms with Crippen LogP contribution in [0.1, 0.15) is 42.6 Å². The highest BCUT2D eigenvalue weighted by molar-refractivity contribution is 6.14. The van der Waals surface area contributed by atoms with E-state index in [1.165, 1.54) is 4.90 Å². The first-order valence-electron chi connectivity index (χ1n) is 7.98. The maximum Gasteiger partial charge on any atom is 0.419 e. The second kappa shape index (κ2) is 6.06. The van der Waals surface area contributed by atoms with E-state index in [1.807, 2.05) is 0 Å². The van der Waals surface area contributed by atoms with Gasteiger partial charge in [0.05, 0.1) is 17.4 Å². The molecule has 25 heavy (non-hydrogen) atoms. The highest BCUT2D eigenvalue weighted by Gasteiger charge is 2.37. The van der Waals surface area contributed by atoms with E-state index in [1.54, 1.807) is 69.3 Å². The Hall–Kier alpha value is -3.13. The van der Waals surface area contributed by atoms with E-state index in [0.717, 1.165) is 0 Å². The molecule has 0 saturated carbocycles. The summed E-state index contributed by atoms with van der Waals surface area (Å²) in [4.78, 5) is 27.2. The molecule has 1 atom stereocenters. The van der Waals surface area contributed by atoms with Gasteiger partial charge in [0.15, 0.2) is 5.78 Å². The molecule has 0 spiro atoms. The minimum atomic E-state index is -0.968. The van der Waals surface area contributed by atoms with Crippen LogP contribution in [0.3, 0.4) is 0 Å². The number of anilines is 2. The minimum Gasteiger partial charge on any atom is -0.443 e. The van der Waals surface area contributed by atoms with E-state index >= 15 is 0 Å². The molecule has 0 radical (unpaired) electrons. The lowest BCUT2D eigenvalue weighted by Gasteiger charge is -2.28. The number of carbonyl (C=O) groups is 2. The first-order valence-corrected chi connectivity index (χ1v) is 7.98. The summed E-state index contributed by atoms with van der Waals surface area (Å²) >= 11 is 0. The molecule has 0 aliphatic carbocycles. The molecule has 2 aromatic rings. The molecule has 5 heteroatoms. The minimum absolute atomic E-state index is 0.323. The summed E-state index contributed by atoms with van der Waals surface area (Å²) in [6, 6.07) is 15.8. The van der Waals surface area contributed by atoms with Crippen LogP contribution in [0, 0.1) is 11.3 Å². The standard InChI is InChI=1S/C20H18N2O3/c1-20(2,3)25-19(24)22-16-10-6-4-8-13(16)15(12-21)18(23)14-9-5-7-11-17(14)22/h4-11,15H,1-3H3. The summed E-state index contributed by atoms with van der Waals surface area (Å²) in [6.45, 7) is 5.34. The van der Waals surface area contributed by atoms with Gasteiger partial charge in [-0.3, -0.25) is 4.79 Å². The van der Waals surface area contributed by atoms with Crippen LogP contribution in [-0.2, 0) is 4.74 Å². The van der Waals surface area contributed by atoms with Crippen LogP contribution in [0.2, 0.25) is 0 Å². The molecule has 5 nitrogen and oxygen atoms in total. The molecule has 0 bridgehead atoms. The third kappa shape index (κ3) is 2.99. The van der Waals surface area contributed by atoms with Crippen LogP contribution < -0.4 is 4.90 Å². The Morgan fingerprint density at radius 2 is 1.68 bits per heavy atom. The Bertz CT molecular complexity index is 890. The molecule has 0 aromatic heterocycles. The van der Waals surface area contributed by atoms with Gasteiger partial charge in [-0.1, -0.05) is 30.3 Å². The number of nitrogens with zero attached hydrogens (tertiary/aromatic N) is 2. The van der Waals surface area contributed by atoms with Gasteiger partial charge in [0, 0.05) is 11.1 Å². The van der Waals surface area contributed by atoms with Gasteiger partial charge in [-0.25, -0.2) is 9.69 Å². The quantitative estimate of drug-likeness (QED) is 0.708. The molecule has 0 fully saturated rings. The fourth-order valence-electron chi connectivity index (χ4n) is 2.87. The highest BCUT2D eigenvalue weighted by Crippen LogP contribution is 2.41. The molecule has 1 heterocycles. The topological polar surface area (TPSA) is 70.4 Å². The maximum absolute atomic E-state index is 12.9. The van der Waals surface area contributed by atoms with Crippen molar-refractivity contribution in [3.63, 3.8) is 0 Å². The molecule has 0 N–H and O–H groups in total. The molecule has 126 valence electrons. The lowest BCUT2D eigenvalue weighted by Crippen LogP contribution is -2.34. The normalized spacial score (nSPS) is 16.3. The van der Waals surface area contributed by atoms with Crippen LogP contribution in [0.15, 0.2) is 48.5 Å².